The van der Waals surface area contributed by atoms with Gasteiger partial charge in [-0.15, -0.1) is 0 Å². The number of ketones is 1. The Morgan fingerprint density at radius 2 is 2.13 bits per heavy atom. The quantitative estimate of drug-likeness (QED) is 0.705. The van der Waals surface area contributed by atoms with Gasteiger partial charge in [-0.3, -0.25) is 9.59 Å². The summed E-state index contributed by atoms with van der Waals surface area (Å²) in [5, 5.41) is 0. The predicted molar refractivity (Wildman–Crippen MR) is 86.8 cm³/mol. The van der Waals surface area contributed by atoms with Crippen LogP contribution in [0.4, 0.5) is 0 Å². The summed E-state index contributed by atoms with van der Waals surface area (Å²) < 4.78 is 9.17. The molecule has 23 heavy (non-hydrogen) atoms. The van der Waals surface area contributed by atoms with Crippen molar-refractivity contribution < 1.29 is 19.1 Å². The minimum atomic E-state index is -2.00. The smallest absolute Gasteiger partial charge is 0.274 e. The number of halogens is 3. The molecule has 0 bridgehead atoms. The zero-order valence-electron chi connectivity index (χ0n) is 12.3. The number of Topliss-reactive ketones (excluding diaryl/α,β-unsaturated/α-hetero) is 1. The molecule has 0 N–H and O–H groups in total. The van der Waals surface area contributed by atoms with Gasteiger partial charge in [-0.05, 0) is 18.2 Å². The van der Waals surface area contributed by atoms with Crippen molar-refractivity contribution in [2.45, 2.75) is 22.2 Å². The first-order chi connectivity index (χ1) is 10.7. The molecule has 0 aromatic heterocycles. The van der Waals surface area contributed by atoms with E-state index in [1.54, 1.807) is 18.2 Å². The van der Waals surface area contributed by atoms with Crippen molar-refractivity contribution in [2.24, 2.45) is 0 Å². The van der Waals surface area contributed by atoms with Gasteiger partial charge in [-0.2, -0.15) is 0 Å². The fourth-order valence-corrected chi connectivity index (χ4v) is 3.38. The van der Waals surface area contributed by atoms with Gasteiger partial charge in [0.05, 0.1) is 25.6 Å². The van der Waals surface area contributed by atoms with Gasteiger partial charge < -0.3 is 14.4 Å². The van der Waals surface area contributed by atoms with E-state index in [9.17, 15) is 9.59 Å². The molecule has 1 unspecified atom stereocenters. The van der Waals surface area contributed by atoms with Crippen LogP contribution in [0.15, 0.2) is 18.2 Å². The molecule has 124 valence electrons. The SMILES string of the molecule is COc1ccc2c(c1)C(=O)CC1(CCN(C(=O)C(Cl)(Cl)Cl)C1)O2. The molecule has 1 fully saturated rings. The number of carbonyl (C=O) groups is 2. The number of hydrogen-bond acceptors (Lipinski definition) is 4. The van der Waals surface area contributed by atoms with E-state index in [2.05, 4.69) is 0 Å². The minimum absolute atomic E-state index is 0.0478. The summed E-state index contributed by atoms with van der Waals surface area (Å²) in [6, 6.07) is 5.08. The summed E-state index contributed by atoms with van der Waals surface area (Å²) in [4.78, 5) is 26.0. The molecule has 5 nitrogen and oxygen atoms in total. The van der Waals surface area contributed by atoms with Crippen molar-refractivity contribution in [1.82, 2.24) is 4.90 Å². The van der Waals surface area contributed by atoms with Crippen molar-refractivity contribution >= 4 is 46.5 Å². The van der Waals surface area contributed by atoms with Crippen molar-refractivity contribution in [2.75, 3.05) is 20.2 Å². The Balaban J connectivity index is 1.83. The monoisotopic (exact) mass is 377 g/mol. The average Bonchev–Trinajstić information content (AvgIpc) is 2.88. The Morgan fingerprint density at radius 1 is 1.39 bits per heavy atom. The number of nitrogens with zero attached hydrogens (tertiary/aromatic N) is 1. The van der Waals surface area contributed by atoms with Gasteiger partial charge in [-0.25, -0.2) is 0 Å². The van der Waals surface area contributed by atoms with Gasteiger partial charge in [0.1, 0.15) is 17.1 Å². The van der Waals surface area contributed by atoms with Crippen molar-refractivity contribution in [1.29, 1.82) is 0 Å². The lowest BCUT2D eigenvalue weighted by Crippen LogP contribution is -2.47. The Hall–Kier alpha value is -1.17. The Bertz CT molecular complexity index is 673. The third kappa shape index (κ3) is 3.10. The molecule has 3 rings (SSSR count). The van der Waals surface area contributed by atoms with Gasteiger partial charge in [0.25, 0.3) is 9.70 Å². The lowest BCUT2D eigenvalue weighted by molar-refractivity contribution is -0.130. The maximum atomic E-state index is 12.5. The summed E-state index contributed by atoms with van der Waals surface area (Å²) in [7, 11) is 1.54. The molecule has 2 aliphatic heterocycles. The number of fused-ring (bicyclic) bond motifs is 1. The summed E-state index contributed by atoms with van der Waals surface area (Å²) in [6.45, 7) is 0.600. The lowest BCUT2D eigenvalue weighted by Gasteiger charge is -2.35. The van der Waals surface area contributed by atoms with Gasteiger partial charge in [0.2, 0.25) is 0 Å². The average molecular weight is 379 g/mol. The maximum absolute atomic E-state index is 12.5. The molecule has 0 radical (unpaired) electrons. The number of likely N-dealkylation sites (tertiary alicyclic amines) is 1. The lowest BCUT2D eigenvalue weighted by atomic mass is 9.89. The number of ether oxygens (including phenoxy) is 2. The molecule has 0 saturated carbocycles. The number of methoxy groups -OCH3 is 1. The van der Waals surface area contributed by atoms with Crippen molar-refractivity contribution in [3.05, 3.63) is 23.8 Å². The third-order valence-electron chi connectivity index (χ3n) is 4.14. The zero-order valence-corrected chi connectivity index (χ0v) is 14.5. The van der Waals surface area contributed by atoms with Gasteiger partial charge in [0.15, 0.2) is 5.78 Å². The van der Waals surface area contributed by atoms with Crippen LogP contribution in [0.25, 0.3) is 0 Å². The second kappa shape index (κ2) is 5.72. The van der Waals surface area contributed by atoms with Gasteiger partial charge in [-0.1, -0.05) is 34.8 Å². The van der Waals surface area contributed by atoms with E-state index in [1.165, 1.54) is 12.0 Å². The Labute approximate surface area is 148 Å². The molecule has 1 aromatic carbocycles. The molecule has 1 amide bonds. The van der Waals surface area contributed by atoms with Crippen LogP contribution in [0.1, 0.15) is 23.2 Å². The Kier molecular flexibility index (Phi) is 4.15. The van der Waals surface area contributed by atoms with Crippen LogP contribution in [0, 0.1) is 0 Å². The van der Waals surface area contributed by atoms with E-state index in [1.807, 2.05) is 0 Å². The molecule has 2 heterocycles. The number of alkyl halides is 3. The van der Waals surface area contributed by atoms with Gasteiger partial charge in [0, 0.05) is 13.0 Å². The zero-order chi connectivity index (χ0) is 16.8. The highest BCUT2D eigenvalue weighted by atomic mass is 35.6. The number of benzene rings is 1. The van der Waals surface area contributed by atoms with Crippen molar-refractivity contribution in [3.8, 4) is 11.5 Å². The molecule has 8 heteroatoms. The summed E-state index contributed by atoms with van der Waals surface area (Å²) in [5.74, 6) is 0.436. The molecular formula is C15H14Cl3NO4. The fourth-order valence-electron chi connectivity index (χ4n) is 3.03. The minimum Gasteiger partial charge on any atom is -0.497 e. The van der Waals surface area contributed by atoms with Crippen LogP contribution in [-0.4, -0.2) is 46.2 Å². The number of rotatable bonds is 1. The second-order valence-corrected chi connectivity index (χ2v) is 8.00. The van der Waals surface area contributed by atoms with Crippen LogP contribution in [0.2, 0.25) is 0 Å². The highest BCUT2D eigenvalue weighted by Crippen LogP contribution is 2.41. The highest BCUT2D eigenvalue weighted by Gasteiger charge is 2.49. The van der Waals surface area contributed by atoms with Crippen molar-refractivity contribution in [3.63, 3.8) is 0 Å². The summed E-state index contributed by atoms with van der Waals surface area (Å²) >= 11 is 17.0. The van der Waals surface area contributed by atoms with E-state index in [-0.39, 0.29) is 18.7 Å². The first kappa shape index (κ1) is 16.7. The normalized spacial score (nSPS) is 23.7. The van der Waals surface area contributed by atoms with E-state index in [0.717, 1.165) is 0 Å². The van der Waals surface area contributed by atoms with Crippen LogP contribution in [0.3, 0.4) is 0 Å². The van der Waals surface area contributed by atoms with E-state index < -0.39 is 15.3 Å². The summed E-state index contributed by atoms with van der Waals surface area (Å²) in [5.41, 5.74) is -0.273. The third-order valence-corrected chi connectivity index (χ3v) is 4.63. The molecule has 0 aliphatic carbocycles. The molecule has 2 aliphatic rings. The van der Waals surface area contributed by atoms with Gasteiger partial charge >= 0.3 is 0 Å². The van der Waals surface area contributed by atoms with E-state index in [0.29, 0.717) is 30.0 Å². The standard InChI is InChI=1S/C15H14Cl3NO4/c1-22-9-2-3-12-10(6-9)11(20)7-14(23-12)4-5-19(8-14)13(21)15(16,17)18/h2-3,6H,4-5,7-8H2,1H3. The summed E-state index contributed by atoms with van der Waals surface area (Å²) in [6.07, 6.45) is 0.688. The maximum Gasteiger partial charge on any atom is 0.274 e. The van der Waals surface area contributed by atoms with Crippen LogP contribution in [-0.2, 0) is 4.79 Å². The molecule has 1 spiro atoms. The first-order valence-corrected chi connectivity index (χ1v) is 8.14. The first-order valence-electron chi connectivity index (χ1n) is 7.00. The predicted octanol–water partition coefficient (Wildman–Crippen LogP) is 3.00. The Morgan fingerprint density at radius 3 is 2.78 bits per heavy atom. The molecule has 1 atom stereocenters. The largest absolute Gasteiger partial charge is 0.497 e. The topological polar surface area (TPSA) is 55.8 Å². The van der Waals surface area contributed by atoms with Crippen LogP contribution in [0.5, 0.6) is 11.5 Å². The van der Waals surface area contributed by atoms with E-state index in [4.69, 9.17) is 44.3 Å². The number of hydrogen-bond donors (Lipinski definition) is 0. The molecular weight excluding hydrogens is 365 g/mol. The molecule has 1 saturated heterocycles. The number of carbonyl (C=O) groups excluding carboxylic acids is 2. The number of amides is 1. The van der Waals surface area contributed by atoms with Crippen LogP contribution < -0.4 is 9.47 Å². The second-order valence-electron chi connectivity index (χ2n) is 5.72. The highest BCUT2D eigenvalue weighted by molar-refractivity contribution is 6.76. The van der Waals surface area contributed by atoms with Crippen LogP contribution >= 0.6 is 34.8 Å². The van der Waals surface area contributed by atoms with E-state index >= 15 is 0 Å². The fraction of sp³-hybridized carbons (Fsp3) is 0.467. The molecule has 1 aromatic rings.